The Morgan fingerprint density at radius 1 is 1.35 bits per heavy atom. The summed E-state index contributed by atoms with van der Waals surface area (Å²) in [6.07, 6.45) is 2.21. The molecule has 0 aromatic carbocycles. The van der Waals surface area contributed by atoms with Gasteiger partial charge in [0.25, 0.3) is 0 Å². The molecule has 1 fully saturated rings. The van der Waals surface area contributed by atoms with Crippen LogP contribution in [0.5, 0.6) is 0 Å². The number of hydrogen-bond acceptors (Lipinski definition) is 5. The minimum Gasteiger partial charge on any atom is -0.370 e. The fraction of sp³-hybridized carbons (Fsp3) is 0.643. The molecule has 6 nitrogen and oxygen atoms in total. The molecule has 2 rings (SSSR count). The zero-order chi connectivity index (χ0) is 14.7. The molecule has 1 saturated carbocycles. The summed E-state index contributed by atoms with van der Waals surface area (Å²) < 4.78 is 0. The average Bonchev–Trinajstić information content (AvgIpc) is 3.17. The van der Waals surface area contributed by atoms with Gasteiger partial charge in [0.05, 0.1) is 6.54 Å². The molecule has 1 heterocycles. The molecule has 0 bridgehead atoms. The van der Waals surface area contributed by atoms with Crippen LogP contribution in [0.3, 0.4) is 0 Å². The Kier molecular flexibility index (Phi) is 4.42. The maximum absolute atomic E-state index is 11.9. The first-order chi connectivity index (χ1) is 9.51. The molecule has 110 valence electrons. The second kappa shape index (κ2) is 6.07. The van der Waals surface area contributed by atoms with Crippen molar-refractivity contribution < 1.29 is 4.79 Å². The highest BCUT2D eigenvalue weighted by Gasteiger charge is 2.24. The first kappa shape index (κ1) is 14.6. The summed E-state index contributed by atoms with van der Waals surface area (Å²) in [4.78, 5) is 22.6. The molecular weight excluding hydrogens is 254 g/mol. The Morgan fingerprint density at radius 3 is 2.65 bits per heavy atom. The van der Waals surface area contributed by atoms with Crippen LogP contribution < -0.4 is 15.5 Å². The summed E-state index contributed by atoms with van der Waals surface area (Å²) in [5.74, 6) is 2.40. The third-order valence-corrected chi connectivity index (χ3v) is 3.26. The van der Waals surface area contributed by atoms with Crippen LogP contribution >= 0.6 is 0 Å². The van der Waals surface area contributed by atoms with Crippen LogP contribution in [-0.2, 0) is 4.79 Å². The zero-order valence-electron chi connectivity index (χ0n) is 12.7. The number of nitrogens with zero attached hydrogens (tertiary/aromatic N) is 3. The Hall–Kier alpha value is -1.85. The Labute approximate surface area is 120 Å². The van der Waals surface area contributed by atoms with Gasteiger partial charge < -0.3 is 15.5 Å². The van der Waals surface area contributed by atoms with Crippen LogP contribution in [0.1, 0.15) is 31.2 Å². The summed E-state index contributed by atoms with van der Waals surface area (Å²) in [5.41, 5.74) is 0.971. The molecule has 0 radical (unpaired) electrons. The molecule has 1 amide bonds. The number of carbonyl (C=O) groups is 1. The minimum atomic E-state index is 0.0515. The molecule has 0 atom stereocenters. The van der Waals surface area contributed by atoms with E-state index in [9.17, 15) is 4.79 Å². The topological polar surface area (TPSA) is 70.2 Å². The van der Waals surface area contributed by atoms with Gasteiger partial charge in [-0.25, -0.2) is 9.97 Å². The molecule has 0 aliphatic heterocycles. The zero-order valence-corrected chi connectivity index (χ0v) is 12.7. The monoisotopic (exact) mass is 277 g/mol. The van der Waals surface area contributed by atoms with Crippen molar-refractivity contribution in [1.29, 1.82) is 0 Å². The maximum atomic E-state index is 11.9. The highest BCUT2D eigenvalue weighted by atomic mass is 16.2. The Balaban J connectivity index is 2.11. The molecule has 1 aliphatic rings. The van der Waals surface area contributed by atoms with Crippen molar-refractivity contribution in [1.82, 2.24) is 15.3 Å². The van der Waals surface area contributed by atoms with E-state index in [4.69, 9.17) is 0 Å². The third-order valence-electron chi connectivity index (χ3n) is 3.26. The fourth-order valence-electron chi connectivity index (χ4n) is 2.12. The number of likely N-dealkylation sites (N-methyl/N-ethyl adjacent to an activating group) is 1. The van der Waals surface area contributed by atoms with Crippen LogP contribution in [-0.4, -0.2) is 42.1 Å². The number of nitrogens with one attached hydrogen (secondary N) is 2. The number of aryl methyl sites for hydroxylation is 1. The number of carbonyl (C=O) groups excluding carboxylic acids is 1. The smallest absolute Gasteiger partial charge is 0.239 e. The van der Waals surface area contributed by atoms with E-state index in [1.807, 2.05) is 32.7 Å². The van der Waals surface area contributed by atoms with Crippen molar-refractivity contribution in [2.75, 3.05) is 30.4 Å². The van der Waals surface area contributed by atoms with Gasteiger partial charge in [0.2, 0.25) is 5.91 Å². The van der Waals surface area contributed by atoms with Gasteiger partial charge in [0, 0.05) is 25.2 Å². The SMILES string of the molecule is CCNc1nc(C)nc(N(C)CC(=O)NC2CC2)c1C. The highest BCUT2D eigenvalue weighted by Crippen LogP contribution is 2.23. The molecule has 0 spiro atoms. The number of amides is 1. The Bertz CT molecular complexity index is 499. The highest BCUT2D eigenvalue weighted by molar-refractivity contribution is 5.82. The molecule has 6 heteroatoms. The van der Waals surface area contributed by atoms with Gasteiger partial charge in [-0.15, -0.1) is 0 Å². The van der Waals surface area contributed by atoms with Crippen LogP contribution in [0, 0.1) is 13.8 Å². The van der Waals surface area contributed by atoms with E-state index in [-0.39, 0.29) is 5.91 Å². The standard InChI is InChI=1S/C14H23N5O/c1-5-15-13-9(2)14(17-10(3)16-13)19(4)8-12(20)18-11-6-7-11/h11H,5-8H2,1-4H3,(H,18,20)(H,15,16,17). The van der Waals surface area contributed by atoms with E-state index in [2.05, 4.69) is 20.6 Å². The second-order valence-corrected chi connectivity index (χ2v) is 5.30. The molecule has 1 aliphatic carbocycles. The summed E-state index contributed by atoms with van der Waals surface area (Å²) in [5, 5.41) is 6.22. The summed E-state index contributed by atoms with van der Waals surface area (Å²) in [6.45, 7) is 7.00. The third kappa shape index (κ3) is 3.59. The van der Waals surface area contributed by atoms with Crippen molar-refractivity contribution in [3.05, 3.63) is 11.4 Å². The van der Waals surface area contributed by atoms with Gasteiger partial charge in [-0.1, -0.05) is 0 Å². The Morgan fingerprint density at radius 2 is 2.05 bits per heavy atom. The van der Waals surface area contributed by atoms with Crippen molar-refractivity contribution >= 4 is 17.5 Å². The van der Waals surface area contributed by atoms with E-state index in [1.54, 1.807) is 0 Å². The van der Waals surface area contributed by atoms with Gasteiger partial charge in [-0.3, -0.25) is 4.79 Å². The fourth-order valence-corrected chi connectivity index (χ4v) is 2.12. The second-order valence-electron chi connectivity index (χ2n) is 5.30. The molecule has 1 aromatic rings. The van der Waals surface area contributed by atoms with Gasteiger partial charge >= 0.3 is 0 Å². The molecule has 20 heavy (non-hydrogen) atoms. The molecule has 1 aromatic heterocycles. The van der Waals surface area contributed by atoms with Crippen LogP contribution in [0.15, 0.2) is 0 Å². The van der Waals surface area contributed by atoms with Gasteiger partial charge in [-0.05, 0) is 33.6 Å². The van der Waals surface area contributed by atoms with Crippen molar-refractivity contribution in [3.63, 3.8) is 0 Å². The van der Waals surface area contributed by atoms with Crippen LogP contribution in [0.25, 0.3) is 0 Å². The summed E-state index contributed by atoms with van der Waals surface area (Å²) >= 11 is 0. The molecule has 0 unspecified atom stereocenters. The first-order valence-corrected chi connectivity index (χ1v) is 7.10. The minimum absolute atomic E-state index is 0.0515. The summed E-state index contributed by atoms with van der Waals surface area (Å²) in [7, 11) is 1.89. The molecular formula is C14H23N5O. The van der Waals surface area contributed by atoms with Crippen molar-refractivity contribution in [2.24, 2.45) is 0 Å². The number of aromatic nitrogens is 2. The first-order valence-electron chi connectivity index (χ1n) is 7.10. The van der Waals surface area contributed by atoms with Gasteiger partial charge in [-0.2, -0.15) is 0 Å². The lowest BCUT2D eigenvalue weighted by molar-refractivity contribution is -0.119. The quantitative estimate of drug-likeness (QED) is 0.818. The predicted octanol–water partition coefficient (Wildman–Crippen LogP) is 1.24. The molecule has 2 N–H and O–H groups in total. The van der Waals surface area contributed by atoms with Crippen molar-refractivity contribution in [2.45, 2.75) is 39.7 Å². The lowest BCUT2D eigenvalue weighted by Gasteiger charge is -2.21. The van der Waals surface area contributed by atoms with Gasteiger partial charge in [0.15, 0.2) is 0 Å². The average molecular weight is 277 g/mol. The van der Waals surface area contributed by atoms with Gasteiger partial charge in [0.1, 0.15) is 17.5 Å². The summed E-state index contributed by atoms with van der Waals surface area (Å²) in [6, 6.07) is 0.390. The largest absolute Gasteiger partial charge is 0.370 e. The number of anilines is 2. The van der Waals surface area contributed by atoms with E-state index in [1.165, 1.54) is 0 Å². The maximum Gasteiger partial charge on any atom is 0.239 e. The van der Waals surface area contributed by atoms with E-state index in [0.717, 1.165) is 36.6 Å². The van der Waals surface area contributed by atoms with E-state index < -0.39 is 0 Å². The number of hydrogen-bond donors (Lipinski definition) is 2. The van der Waals surface area contributed by atoms with Crippen LogP contribution in [0.4, 0.5) is 11.6 Å². The molecule has 0 saturated heterocycles. The van der Waals surface area contributed by atoms with Crippen LogP contribution in [0.2, 0.25) is 0 Å². The lowest BCUT2D eigenvalue weighted by Crippen LogP contribution is -2.37. The van der Waals surface area contributed by atoms with E-state index in [0.29, 0.717) is 18.4 Å². The van der Waals surface area contributed by atoms with E-state index >= 15 is 0 Å². The number of rotatable bonds is 6. The lowest BCUT2D eigenvalue weighted by atomic mass is 10.2. The van der Waals surface area contributed by atoms with Crippen molar-refractivity contribution in [3.8, 4) is 0 Å². The normalized spacial score (nSPS) is 14.0. The predicted molar refractivity (Wildman–Crippen MR) is 80.1 cm³/mol.